The number of nitrogens with one attached hydrogen (secondary N) is 1. The number of aryl methyl sites for hydroxylation is 1. The Balaban J connectivity index is 2.05. The van der Waals surface area contributed by atoms with E-state index in [4.69, 9.17) is 0 Å². The van der Waals surface area contributed by atoms with Crippen LogP contribution in [-0.2, 0) is 0 Å². The Morgan fingerprint density at radius 3 is 2.67 bits per heavy atom. The first-order valence-electron chi connectivity index (χ1n) is 6.68. The fraction of sp³-hybridized carbons (Fsp3) is 0.467. The number of fused-ring (bicyclic) bond motifs is 1. The lowest BCUT2D eigenvalue weighted by molar-refractivity contribution is 0.875. The summed E-state index contributed by atoms with van der Waals surface area (Å²) in [5, 5.41) is 4.45. The predicted octanol–water partition coefficient (Wildman–Crippen LogP) is 3.64. The van der Waals surface area contributed by atoms with Crippen LogP contribution in [-0.4, -0.2) is 16.0 Å². The van der Waals surface area contributed by atoms with Crippen LogP contribution in [0.4, 0.5) is 5.95 Å². The number of hydrogen-bond donors (Lipinski definition) is 1. The fourth-order valence-corrected chi connectivity index (χ4v) is 2.29. The molecule has 3 nitrogen and oxygen atoms in total. The van der Waals surface area contributed by atoms with Gasteiger partial charge in [-0.15, -0.1) is 0 Å². The van der Waals surface area contributed by atoms with Crippen LogP contribution in [0.25, 0.3) is 10.9 Å². The second kappa shape index (κ2) is 4.23. The van der Waals surface area contributed by atoms with Crippen LogP contribution in [0.1, 0.15) is 43.9 Å². The molecule has 0 spiro atoms. The van der Waals surface area contributed by atoms with Crippen molar-refractivity contribution in [1.29, 1.82) is 0 Å². The van der Waals surface area contributed by atoms with Crippen molar-refractivity contribution >= 4 is 16.9 Å². The lowest BCUT2D eigenvalue weighted by atomic mass is 10.1. The third kappa shape index (κ3) is 2.17. The standard InChI is InChI=1S/C15H19N3/c1-9(2)16-15-17-10(3)13-8-12(11-4-5-11)6-7-14(13)18-15/h6-9,11H,4-5H2,1-3H3,(H,16,17,18). The van der Waals surface area contributed by atoms with E-state index >= 15 is 0 Å². The molecule has 0 radical (unpaired) electrons. The van der Waals surface area contributed by atoms with Crippen LogP contribution in [0.3, 0.4) is 0 Å². The van der Waals surface area contributed by atoms with Gasteiger partial charge in [-0.25, -0.2) is 9.97 Å². The van der Waals surface area contributed by atoms with Gasteiger partial charge in [0.2, 0.25) is 5.95 Å². The van der Waals surface area contributed by atoms with Crippen molar-refractivity contribution < 1.29 is 0 Å². The Hall–Kier alpha value is -1.64. The van der Waals surface area contributed by atoms with Gasteiger partial charge in [0.15, 0.2) is 0 Å². The van der Waals surface area contributed by atoms with Gasteiger partial charge in [0.05, 0.1) is 11.2 Å². The molecular weight excluding hydrogens is 222 g/mol. The maximum absolute atomic E-state index is 4.57. The minimum Gasteiger partial charge on any atom is -0.352 e. The minimum atomic E-state index is 0.354. The van der Waals surface area contributed by atoms with Crippen LogP contribution in [0.2, 0.25) is 0 Å². The Kier molecular flexibility index (Phi) is 2.69. The highest BCUT2D eigenvalue weighted by molar-refractivity contribution is 5.82. The Labute approximate surface area is 108 Å². The number of rotatable bonds is 3. The first kappa shape index (κ1) is 11.5. The Morgan fingerprint density at radius 1 is 1.22 bits per heavy atom. The van der Waals surface area contributed by atoms with Gasteiger partial charge < -0.3 is 5.32 Å². The van der Waals surface area contributed by atoms with Gasteiger partial charge in [-0.3, -0.25) is 0 Å². The molecule has 18 heavy (non-hydrogen) atoms. The summed E-state index contributed by atoms with van der Waals surface area (Å²) < 4.78 is 0. The number of nitrogens with zero attached hydrogens (tertiary/aromatic N) is 2. The molecule has 1 N–H and O–H groups in total. The van der Waals surface area contributed by atoms with Crippen LogP contribution in [0.15, 0.2) is 18.2 Å². The summed E-state index contributed by atoms with van der Waals surface area (Å²) in [6, 6.07) is 6.96. The van der Waals surface area contributed by atoms with Crippen LogP contribution in [0.5, 0.6) is 0 Å². The first-order chi connectivity index (χ1) is 8.63. The summed E-state index contributed by atoms with van der Waals surface area (Å²) in [4.78, 5) is 9.11. The molecule has 3 heteroatoms. The summed E-state index contributed by atoms with van der Waals surface area (Å²) in [6.45, 7) is 6.25. The highest BCUT2D eigenvalue weighted by Crippen LogP contribution is 2.40. The zero-order valence-electron chi connectivity index (χ0n) is 11.2. The van der Waals surface area contributed by atoms with Crippen molar-refractivity contribution in [2.45, 2.75) is 45.6 Å². The van der Waals surface area contributed by atoms with Crippen molar-refractivity contribution in [2.24, 2.45) is 0 Å². The molecule has 94 valence electrons. The van der Waals surface area contributed by atoms with Crippen molar-refractivity contribution in [3.63, 3.8) is 0 Å². The number of hydrogen-bond acceptors (Lipinski definition) is 3. The molecule has 0 saturated heterocycles. The minimum absolute atomic E-state index is 0.354. The Bertz CT molecular complexity index is 586. The van der Waals surface area contributed by atoms with E-state index in [1.54, 1.807) is 0 Å². The molecule has 1 saturated carbocycles. The van der Waals surface area contributed by atoms with E-state index in [0.29, 0.717) is 6.04 Å². The maximum atomic E-state index is 4.57. The average molecular weight is 241 g/mol. The topological polar surface area (TPSA) is 37.8 Å². The van der Waals surface area contributed by atoms with Gasteiger partial charge in [0.1, 0.15) is 0 Å². The molecule has 0 bridgehead atoms. The van der Waals surface area contributed by atoms with Gasteiger partial charge in [0, 0.05) is 11.4 Å². The molecule has 1 aliphatic rings. The lowest BCUT2D eigenvalue weighted by Gasteiger charge is -2.11. The van der Waals surface area contributed by atoms with Gasteiger partial charge in [-0.05, 0) is 57.2 Å². The van der Waals surface area contributed by atoms with E-state index in [1.165, 1.54) is 23.8 Å². The average Bonchev–Trinajstić information content (AvgIpc) is 3.11. The van der Waals surface area contributed by atoms with E-state index in [0.717, 1.165) is 23.1 Å². The van der Waals surface area contributed by atoms with Gasteiger partial charge in [-0.1, -0.05) is 6.07 Å². The summed E-state index contributed by atoms with van der Waals surface area (Å²) in [7, 11) is 0. The number of anilines is 1. The summed E-state index contributed by atoms with van der Waals surface area (Å²) >= 11 is 0. The van der Waals surface area contributed by atoms with E-state index in [-0.39, 0.29) is 0 Å². The van der Waals surface area contributed by atoms with Crippen LogP contribution in [0, 0.1) is 6.92 Å². The van der Waals surface area contributed by atoms with Crippen molar-refractivity contribution in [1.82, 2.24) is 9.97 Å². The normalized spacial score (nSPS) is 15.3. The quantitative estimate of drug-likeness (QED) is 0.891. The SMILES string of the molecule is Cc1nc(NC(C)C)nc2ccc(C3CC3)cc12. The summed E-state index contributed by atoms with van der Waals surface area (Å²) in [5.41, 5.74) is 3.54. The molecule has 0 amide bonds. The summed E-state index contributed by atoms with van der Waals surface area (Å²) in [6.07, 6.45) is 2.66. The van der Waals surface area contributed by atoms with Crippen molar-refractivity contribution in [3.8, 4) is 0 Å². The number of aromatic nitrogens is 2. The van der Waals surface area contributed by atoms with Crippen molar-refractivity contribution in [3.05, 3.63) is 29.5 Å². The third-order valence-electron chi connectivity index (χ3n) is 3.38. The van der Waals surface area contributed by atoms with Gasteiger partial charge >= 0.3 is 0 Å². The highest BCUT2D eigenvalue weighted by Gasteiger charge is 2.23. The molecule has 0 unspecified atom stereocenters. The second-order valence-corrected chi connectivity index (χ2v) is 5.48. The van der Waals surface area contributed by atoms with E-state index in [1.807, 2.05) is 0 Å². The zero-order chi connectivity index (χ0) is 12.7. The van der Waals surface area contributed by atoms with E-state index < -0.39 is 0 Å². The van der Waals surface area contributed by atoms with E-state index in [2.05, 4.69) is 54.3 Å². The molecule has 1 heterocycles. The molecule has 0 aliphatic heterocycles. The lowest BCUT2D eigenvalue weighted by Crippen LogP contribution is -2.13. The molecular formula is C15H19N3. The molecule has 1 fully saturated rings. The van der Waals surface area contributed by atoms with Crippen molar-refractivity contribution in [2.75, 3.05) is 5.32 Å². The van der Waals surface area contributed by atoms with Gasteiger partial charge in [-0.2, -0.15) is 0 Å². The molecule has 1 aromatic heterocycles. The van der Waals surface area contributed by atoms with Gasteiger partial charge in [0.25, 0.3) is 0 Å². The molecule has 1 aliphatic carbocycles. The molecule has 0 atom stereocenters. The molecule has 3 rings (SSSR count). The van der Waals surface area contributed by atoms with Crippen LogP contribution < -0.4 is 5.32 Å². The smallest absolute Gasteiger partial charge is 0.223 e. The summed E-state index contributed by atoms with van der Waals surface area (Å²) in [5.74, 6) is 1.51. The second-order valence-electron chi connectivity index (χ2n) is 5.48. The monoisotopic (exact) mass is 241 g/mol. The fourth-order valence-electron chi connectivity index (χ4n) is 2.29. The first-order valence-corrected chi connectivity index (χ1v) is 6.68. The maximum Gasteiger partial charge on any atom is 0.223 e. The predicted molar refractivity (Wildman–Crippen MR) is 75.0 cm³/mol. The largest absolute Gasteiger partial charge is 0.352 e. The molecule has 1 aromatic carbocycles. The van der Waals surface area contributed by atoms with Crippen LogP contribution >= 0.6 is 0 Å². The zero-order valence-corrected chi connectivity index (χ0v) is 11.2. The number of benzene rings is 1. The Morgan fingerprint density at radius 2 is 2.00 bits per heavy atom. The van der Waals surface area contributed by atoms with E-state index in [9.17, 15) is 0 Å². The highest BCUT2D eigenvalue weighted by atomic mass is 15.1. The third-order valence-corrected chi connectivity index (χ3v) is 3.38. The molecule has 2 aromatic rings.